The molecule has 0 aliphatic heterocycles. The summed E-state index contributed by atoms with van der Waals surface area (Å²) in [5.74, 6) is 2.70. The number of rotatable bonds is 4. The van der Waals surface area contributed by atoms with E-state index in [-0.39, 0.29) is 5.56 Å². The third kappa shape index (κ3) is 5.39. The zero-order valence-electron chi connectivity index (χ0n) is 13.2. The van der Waals surface area contributed by atoms with Gasteiger partial charge in [-0.25, -0.2) is 0 Å². The molecule has 2 aromatic heterocycles. The number of hydrogen-bond acceptors (Lipinski definition) is 6. The van der Waals surface area contributed by atoms with Crippen molar-refractivity contribution in [3.05, 3.63) is 63.8 Å². The lowest BCUT2D eigenvalue weighted by atomic mass is 10.2. The Morgan fingerprint density at radius 1 is 1.13 bits per heavy atom. The van der Waals surface area contributed by atoms with Crippen LogP contribution >= 0.6 is 0 Å². The molecule has 0 aliphatic carbocycles. The fraction of sp³-hybridized carbons (Fsp3) is 0.250. The normalized spacial score (nSPS) is 9.87. The number of methoxy groups -OCH3 is 1. The van der Waals surface area contributed by atoms with Gasteiger partial charge in [-0.1, -0.05) is 12.1 Å². The number of benzene rings is 1. The highest BCUT2D eigenvalue weighted by Gasteiger charge is 2.01. The minimum Gasteiger partial charge on any atom is -0.497 e. The van der Waals surface area contributed by atoms with Gasteiger partial charge in [-0.05, 0) is 36.7 Å². The van der Waals surface area contributed by atoms with Crippen molar-refractivity contribution in [3.8, 4) is 11.6 Å². The molecule has 0 amide bonds. The second kappa shape index (κ2) is 7.88. The van der Waals surface area contributed by atoms with E-state index in [1.807, 2.05) is 31.2 Å². The van der Waals surface area contributed by atoms with Crippen LogP contribution in [-0.2, 0) is 6.61 Å². The summed E-state index contributed by atoms with van der Waals surface area (Å²) in [7, 11) is 1.64. The number of aryl methyl sites for hydroxylation is 2. The van der Waals surface area contributed by atoms with Gasteiger partial charge in [-0.15, -0.1) is 0 Å². The summed E-state index contributed by atoms with van der Waals surface area (Å²) in [6.45, 7) is 4.00. The zero-order chi connectivity index (χ0) is 16.7. The summed E-state index contributed by atoms with van der Waals surface area (Å²) in [6, 6.07) is 10.8. The molecule has 0 radical (unpaired) electrons. The Morgan fingerprint density at radius 3 is 2.30 bits per heavy atom. The van der Waals surface area contributed by atoms with Crippen molar-refractivity contribution in [1.82, 2.24) is 10.3 Å². The molecule has 1 aromatic carbocycles. The molecule has 7 heteroatoms. The molecule has 0 fully saturated rings. The van der Waals surface area contributed by atoms with Crippen LogP contribution < -0.4 is 15.0 Å². The van der Waals surface area contributed by atoms with Gasteiger partial charge in [-0.2, -0.15) is 5.16 Å². The Bertz CT molecular complexity index is 770. The molecule has 0 atom stereocenters. The largest absolute Gasteiger partial charge is 0.497 e. The average Bonchev–Trinajstić information content (AvgIpc) is 3.14. The van der Waals surface area contributed by atoms with Crippen LogP contribution in [0, 0.1) is 13.8 Å². The Hall–Kier alpha value is -2.96. The second-order valence-corrected chi connectivity index (χ2v) is 4.74. The molecule has 0 unspecified atom stereocenters. The van der Waals surface area contributed by atoms with Crippen LogP contribution in [0.25, 0.3) is 0 Å². The molecule has 2 heterocycles. The second-order valence-electron chi connectivity index (χ2n) is 4.74. The summed E-state index contributed by atoms with van der Waals surface area (Å²) < 4.78 is 19.9. The monoisotopic (exact) mass is 318 g/mol. The Kier molecular flexibility index (Phi) is 5.62. The van der Waals surface area contributed by atoms with E-state index in [0.717, 1.165) is 17.1 Å². The third-order valence-corrected chi connectivity index (χ3v) is 2.80. The first-order valence-corrected chi connectivity index (χ1v) is 6.91. The number of aromatic nitrogens is 2. The van der Waals surface area contributed by atoms with Crippen molar-refractivity contribution >= 4 is 0 Å². The summed E-state index contributed by atoms with van der Waals surface area (Å²) in [4.78, 5) is 10.1. The van der Waals surface area contributed by atoms with Crippen molar-refractivity contribution in [1.29, 1.82) is 0 Å². The molecule has 122 valence electrons. The first-order valence-electron chi connectivity index (χ1n) is 6.91. The molecule has 1 N–H and O–H groups in total. The zero-order valence-corrected chi connectivity index (χ0v) is 13.2. The smallest absolute Gasteiger partial charge is 0.280 e. The number of nitrogens with zero attached hydrogens (tertiary/aromatic N) is 1. The quantitative estimate of drug-likeness (QED) is 0.795. The summed E-state index contributed by atoms with van der Waals surface area (Å²) >= 11 is 0. The number of hydrogen-bond donors (Lipinski definition) is 1. The van der Waals surface area contributed by atoms with E-state index in [0.29, 0.717) is 18.2 Å². The Balaban J connectivity index is 0.000000229. The topological polar surface area (TPSA) is 90.5 Å². The maximum atomic E-state index is 10.1. The molecule has 23 heavy (non-hydrogen) atoms. The molecule has 0 aliphatic rings. The van der Waals surface area contributed by atoms with Crippen LogP contribution in [-0.4, -0.2) is 17.4 Å². The summed E-state index contributed by atoms with van der Waals surface area (Å²) in [6.07, 6.45) is 0. The SMILES string of the molecule is COc1ccc(COc2cc(C)on2)cc1.Cc1cc(=O)[nH]o1. The predicted molar refractivity (Wildman–Crippen MR) is 82.6 cm³/mol. The van der Waals surface area contributed by atoms with E-state index in [1.54, 1.807) is 20.1 Å². The molecule has 0 saturated heterocycles. The molecule has 3 aromatic rings. The maximum absolute atomic E-state index is 10.1. The molecule has 0 spiro atoms. The van der Waals surface area contributed by atoms with Crippen molar-refractivity contribution in [3.63, 3.8) is 0 Å². The lowest BCUT2D eigenvalue weighted by Gasteiger charge is -2.03. The van der Waals surface area contributed by atoms with Gasteiger partial charge in [0.15, 0.2) is 0 Å². The predicted octanol–water partition coefficient (Wildman–Crippen LogP) is 2.85. The number of H-pyrrole nitrogens is 1. The molecule has 0 saturated carbocycles. The van der Waals surface area contributed by atoms with Gasteiger partial charge < -0.3 is 18.5 Å². The average molecular weight is 318 g/mol. The minimum absolute atomic E-state index is 0.183. The molecule has 3 rings (SSSR count). The van der Waals surface area contributed by atoms with Gasteiger partial charge in [-0.3, -0.25) is 4.79 Å². The Morgan fingerprint density at radius 2 is 1.87 bits per heavy atom. The lowest BCUT2D eigenvalue weighted by molar-refractivity contribution is 0.267. The van der Waals surface area contributed by atoms with Crippen LogP contribution in [0.5, 0.6) is 11.6 Å². The highest BCUT2D eigenvalue weighted by molar-refractivity contribution is 5.27. The molecule has 7 nitrogen and oxygen atoms in total. The molecular weight excluding hydrogens is 300 g/mol. The van der Waals surface area contributed by atoms with Gasteiger partial charge in [0.1, 0.15) is 23.9 Å². The van der Waals surface area contributed by atoms with E-state index in [4.69, 9.17) is 14.0 Å². The van der Waals surface area contributed by atoms with E-state index >= 15 is 0 Å². The van der Waals surface area contributed by atoms with Crippen LogP contribution in [0.3, 0.4) is 0 Å². The van der Waals surface area contributed by atoms with Gasteiger partial charge in [0, 0.05) is 12.1 Å². The molecular formula is C16H18N2O5. The third-order valence-electron chi connectivity index (χ3n) is 2.80. The van der Waals surface area contributed by atoms with Crippen molar-refractivity contribution < 1.29 is 18.5 Å². The maximum Gasteiger partial charge on any atom is 0.280 e. The van der Waals surface area contributed by atoms with Crippen molar-refractivity contribution in [2.24, 2.45) is 0 Å². The fourth-order valence-corrected chi connectivity index (χ4v) is 1.66. The van der Waals surface area contributed by atoms with Gasteiger partial charge in [0.25, 0.3) is 11.4 Å². The van der Waals surface area contributed by atoms with Crippen LogP contribution in [0.2, 0.25) is 0 Å². The van der Waals surface area contributed by atoms with Crippen molar-refractivity contribution in [2.75, 3.05) is 7.11 Å². The Labute approximate surface area is 132 Å². The number of nitrogens with one attached hydrogen (secondary N) is 1. The summed E-state index contributed by atoms with van der Waals surface area (Å²) in [5.41, 5.74) is 0.874. The van der Waals surface area contributed by atoms with E-state index in [1.165, 1.54) is 6.07 Å². The van der Waals surface area contributed by atoms with Gasteiger partial charge in [0.2, 0.25) is 0 Å². The summed E-state index contributed by atoms with van der Waals surface area (Å²) in [5, 5.41) is 5.88. The van der Waals surface area contributed by atoms with Crippen LogP contribution in [0.15, 0.2) is 50.2 Å². The number of aromatic amines is 1. The highest BCUT2D eigenvalue weighted by Crippen LogP contribution is 2.15. The fourth-order valence-electron chi connectivity index (χ4n) is 1.66. The standard InChI is InChI=1S/C12H13NO3.C4H5NO2/c1-9-7-12(13-16-9)15-8-10-3-5-11(14-2)6-4-10;1-3-2-4(6)5-7-3/h3-7H,8H2,1-2H3;2H,1H3,(H,5,6). The number of ether oxygens (including phenoxy) is 2. The van der Waals surface area contributed by atoms with Gasteiger partial charge >= 0.3 is 0 Å². The van der Waals surface area contributed by atoms with Crippen molar-refractivity contribution in [2.45, 2.75) is 20.5 Å². The first-order chi connectivity index (χ1) is 11.1. The van der Waals surface area contributed by atoms with Crippen LogP contribution in [0.4, 0.5) is 0 Å². The van der Waals surface area contributed by atoms with E-state index < -0.39 is 0 Å². The van der Waals surface area contributed by atoms with Gasteiger partial charge in [0.05, 0.1) is 7.11 Å². The lowest BCUT2D eigenvalue weighted by Crippen LogP contribution is -1.95. The van der Waals surface area contributed by atoms with Crippen LogP contribution in [0.1, 0.15) is 17.1 Å². The first kappa shape index (κ1) is 16.4. The highest BCUT2D eigenvalue weighted by atomic mass is 16.5. The van der Waals surface area contributed by atoms with E-state index in [9.17, 15) is 4.79 Å². The minimum atomic E-state index is -0.183. The molecule has 0 bridgehead atoms. The van der Waals surface area contributed by atoms with E-state index in [2.05, 4.69) is 14.8 Å².